The Kier molecular flexibility index (Phi) is 2.15. The number of hydrogen-bond donors (Lipinski definition) is 1. The van der Waals surface area contributed by atoms with Gasteiger partial charge in [-0.3, -0.25) is 0 Å². The van der Waals surface area contributed by atoms with Gasteiger partial charge in [-0.2, -0.15) is 0 Å². The molecule has 0 aliphatic heterocycles. The second-order valence-corrected chi connectivity index (χ2v) is 1.92. The summed E-state index contributed by atoms with van der Waals surface area (Å²) in [7, 11) is 0. The Hall–Kier alpha value is -1.19. The fourth-order valence-electron chi connectivity index (χ4n) is 0.518. The van der Waals surface area contributed by atoms with Gasteiger partial charge in [-0.25, -0.2) is 4.98 Å². The molecular formula is C4H4ClN5. The summed E-state index contributed by atoms with van der Waals surface area (Å²) in [5.41, 5.74) is 8.58. The van der Waals surface area contributed by atoms with E-state index in [2.05, 4.69) is 20.0 Å². The minimum Gasteiger partial charge on any atom is -0.347 e. The predicted molar refractivity (Wildman–Crippen MR) is 36.4 cm³/mol. The van der Waals surface area contributed by atoms with Crippen LogP contribution < -0.4 is 0 Å². The molecule has 0 aromatic carbocycles. The van der Waals surface area contributed by atoms with Crippen molar-refractivity contribution in [2.24, 2.45) is 5.11 Å². The van der Waals surface area contributed by atoms with Crippen LogP contribution in [0.5, 0.6) is 0 Å². The lowest BCUT2D eigenvalue weighted by Crippen LogP contribution is -1.78. The molecule has 0 fully saturated rings. The minimum atomic E-state index is 0.218. The van der Waals surface area contributed by atoms with Crippen molar-refractivity contribution in [1.82, 2.24) is 9.97 Å². The minimum absolute atomic E-state index is 0.218. The van der Waals surface area contributed by atoms with Crippen molar-refractivity contribution >= 4 is 11.6 Å². The summed E-state index contributed by atoms with van der Waals surface area (Å²) in [4.78, 5) is 9.00. The molecule has 0 aliphatic rings. The molecule has 1 N–H and O–H groups in total. The number of imidazole rings is 1. The number of azide groups is 1. The second-order valence-electron chi connectivity index (χ2n) is 1.56. The van der Waals surface area contributed by atoms with E-state index in [1.54, 1.807) is 0 Å². The number of aromatic amines is 1. The van der Waals surface area contributed by atoms with Gasteiger partial charge in [0, 0.05) is 4.91 Å². The third-order valence-corrected chi connectivity index (χ3v) is 1.28. The maximum absolute atomic E-state index is 7.94. The Balaban J connectivity index is 2.74. The lowest BCUT2D eigenvalue weighted by atomic mass is 10.5. The van der Waals surface area contributed by atoms with E-state index in [-0.39, 0.29) is 6.54 Å². The Morgan fingerprint density at radius 1 is 1.90 bits per heavy atom. The smallest absolute Gasteiger partial charge is 0.150 e. The Morgan fingerprint density at radius 2 is 2.70 bits per heavy atom. The Morgan fingerprint density at radius 3 is 3.20 bits per heavy atom. The summed E-state index contributed by atoms with van der Waals surface area (Å²) >= 11 is 5.55. The molecule has 0 saturated heterocycles. The van der Waals surface area contributed by atoms with Crippen LogP contribution in [0.25, 0.3) is 10.4 Å². The van der Waals surface area contributed by atoms with E-state index in [0.29, 0.717) is 10.8 Å². The van der Waals surface area contributed by atoms with E-state index in [1.807, 2.05) is 0 Å². The molecule has 0 amide bonds. The number of halogens is 1. The Bertz CT molecular complexity index is 260. The zero-order valence-corrected chi connectivity index (χ0v) is 5.71. The summed E-state index contributed by atoms with van der Waals surface area (Å²) < 4.78 is 0. The highest BCUT2D eigenvalue weighted by molar-refractivity contribution is 6.30. The highest BCUT2D eigenvalue weighted by Gasteiger charge is 1.98. The molecule has 10 heavy (non-hydrogen) atoms. The molecule has 1 rings (SSSR count). The molecule has 1 aromatic heterocycles. The second kappa shape index (κ2) is 3.10. The molecular weight excluding hydrogens is 154 g/mol. The number of nitrogens with zero attached hydrogens (tertiary/aromatic N) is 4. The third-order valence-electron chi connectivity index (χ3n) is 0.958. The highest BCUT2D eigenvalue weighted by atomic mass is 35.5. The highest BCUT2D eigenvalue weighted by Crippen LogP contribution is 2.09. The fourth-order valence-corrected chi connectivity index (χ4v) is 0.681. The van der Waals surface area contributed by atoms with Crippen LogP contribution in [0.4, 0.5) is 0 Å². The van der Waals surface area contributed by atoms with Gasteiger partial charge in [0.05, 0.1) is 18.6 Å². The van der Waals surface area contributed by atoms with Crippen LogP contribution in [0.3, 0.4) is 0 Å². The van der Waals surface area contributed by atoms with Crippen LogP contribution in [-0.4, -0.2) is 9.97 Å². The topological polar surface area (TPSA) is 77.4 Å². The number of hydrogen-bond acceptors (Lipinski definition) is 2. The molecule has 0 unspecified atom stereocenters. The van der Waals surface area contributed by atoms with E-state index in [1.165, 1.54) is 6.33 Å². The van der Waals surface area contributed by atoms with E-state index in [0.717, 1.165) is 0 Å². The van der Waals surface area contributed by atoms with Gasteiger partial charge < -0.3 is 4.98 Å². The average Bonchev–Trinajstić information content (AvgIpc) is 2.31. The van der Waals surface area contributed by atoms with Crippen LogP contribution in [-0.2, 0) is 6.54 Å². The van der Waals surface area contributed by atoms with Crippen molar-refractivity contribution in [1.29, 1.82) is 0 Å². The molecule has 0 bridgehead atoms. The third kappa shape index (κ3) is 1.40. The lowest BCUT2D eigenvalue weighted by molar-refractivity contribution is 0.995. The number of nitrogens with one attached hydrogen (secondary N) is 1. The first-order chi connectivity index (χ1) is 4.84. The first-order valence-electron chi connectivity index (χ1n) is 2.53. The Labute approximate surface area is 61.7 Å². The molecule has 52 valence electrons. The molecule has 0 aliphatic carbocycles. The molecule has 5 nitrogen and oxygen atoms in total. The van der Waals surface area contributed by atoms with Gasteiger partial charge in [-0.15, -0.1) is 0 Å². The molecule has 0 radical (unpaired) electrons. The van der Waals surface area contributed by atoms with E-state index >= 15 is 0 Å². The van der Waals surface area contributed by atoms with Crippen LogP contribution >= 0.6 is 11.6 Å². The van der Waals surface area contributed by atoms with Gasteiger partial charge in [0.25, 0.3) is 0 Å². The lowest BCUT2D eigenvalue weighted by Gasteiger charge is -1.85. The summed E-state index contributed by atoms with van der Waals surface area (Å²) in [5.74, 6) is 0. The molecule has 1 heterocycles. The molecule has 0 spiro atoms. The molecule has 6 heteroatoms. The first-order valence-corrected chi connectivity index (χ1v) is 2.91. The summed E-state index contributed by atoms with van der Waals surface area (Å²) in [6, 6.07) is 0. The number of H-pyrrole nitrogens is 1. The predicted octanol–water partition coefficient (Wildman–Crippen LogP) is 1.87. The van der Waals surface area contributed by atoms with Crippen molar-refractivity contribution in [3.8, 4) is 0 Å². The van der Waals surface area contributed by atoms with Crippen molar-refractivity contribution in [3.05, 3.63) is 27.6 Å². The van der Waals surface area contributed by atoms with Crippen molar-refractivity contribution in [2.45, 2.75) is 6.54 Å². The number of aromatic nitrogens is 2. The van der Waals surface area contributed by atoms with Crippen molar-refractivity contribution in [3.63, 3.8) is 0 Å². The van der Waals surface area contributed by atoms with Gasteiger partial charge in [-0.1, -0.05) is 16.7 Å². The van der Waals surface area contributed by atoms with Crippen LogP contribution in [0.1, 0.15) is 5.69 Å². The molecule has 1 aromatic rings. The van der Waals surface area contributed by atoms with Crippen LogP contribution in [0, 0.1) is 0 Å². The zero-order valence-electron chi connectivity index (χ0n) is 4.95. The van der Waals surface area contributed by atoms with Gasteiger partial charge >= 0.3 is 0 Å². The normalized spacial score (nSPS) is 8.90. The van der Waals surface area contributed by atoms with E-state index in [9.17, 15) is 0 Å². The largest absolute Gasteiger partial charge is 0.347 e. The molecule has 0 saturated carbocycles. The zero-order chi connectivity index (χ0) is 7.40. The number of rotatable bonds is 2. The first kappa shape index (κ1) is 6.92. The quantitative estimate of drug-likeness (QED) is 0.397. The SMILES string of the molecule is [N-]=[N+]=NCc1[nH]cnc1Cl. The maximum Gasteiger partial charge on any atom is 0.150 e. The summed E-state index contributed by atoms with van der Waals surface area (Å²) in [6.45, 7) is 0.218. The van der Waals surface area contributed by atoms with Gasteiger partial charge in [0.15, 0.2) is 0 Å². The van der Waals surface area contributed by atoms with Gasteiger partial charge in [0.1, 0.15) is 5.15 Å². The monoisotopic (exact) mass is 157 g/mol. The maximum atomic E-state index is 7.94. The van der Waals surface area contributed by atoms with Crippen LogP contribution in [0.2, 0.25) is 5.15 Å². The fraction of sp³-hybridized carbons (Fsp3) is 0.250. The standard InChI is InChI=1S/C4H4ClN5/c5-4-3(1-9-10-6)7-2-8-4/h2H,1H2,(H,7,8). The van der Waals surface area contributed by atoms with Gasteiger partial charge in [0.2, 0.25) is 0 Å². The van der Waals surface area contributed by atoms with Crippen molar-refractivity contribution < 1.29 is 0 Å². The summed E-state index contributed by atoms with van der Waals surface area (Å²) in [5, 5.41) is 3.65. The van der Waals surface area contributed by atoms with Crippen LogP contribution in [0.15, 0.2) is 11.4 Å². The van der Waals surface area contributed by atoms with E-state index in [4.69, 9.17) is 17.1 Å². The summed E-state index contributed by atoms with van der Waals surface area (Å²) in [6.07, 6.45) is 1.45. The van der Waals surface area contributed by atoms with E-state index < -0.39 is 0 Å². The average molecular weight is 158 g/mol. The van der Waals surface area contributed by atoms with Crippen molar-refractivity contribution in [2.75, 3.05) is 0 Å². The van der Waals surface area contributed by atoms with Gasteiger partial charge in [-0.05, 0) is 5.53 Å². The molecule has 0 atom stereocenters.